The molecule has 12 heavy (non-hydrogen) atoms. The molecule has 0 atom stereocenters. The Labute approximate surface area is 80.9 Å². The van der Waals surface area contributed by atoms with E-state index in [-0.39, 0.29) is 14.9 Å². The highest BCUT2D eigenvalue weighted by Crippen LogP contribution is 2.27. The number of halogens is 2. The zero-order valence-corrected chi connectivity index (χ0v) is 7.91. The van der Waals surface area contributed by atoms with Crippen LogP contribution in [-0.4, -0.2) is 4.92 Å². The van der Waals surface area contributed by atoms with Gasteiger partial charge in [0.05, 0.1) is 10.6 Å². The minimum atomic E-state index is -0.634. The largest absolute Gasteiger partial charge is 0.395 e. The molecule has 6 heteroatoms. The molecule has 0 heterocycles. The molecule has 0 saturated carbocycles. The maximum Gasteiger partial charge on any atom is 0.284 e. The fourth-order valence-corrected chi connectivity index (χ4v) is 1.33. The van der Waals surface area contributed by atoms with E-state index in [0.717, 1.165) is 12.1 Å². The van der Waals surface area contributed by atoms with E-state index in [0.29, 0.717) is 0 Å². The molecule has 0 fully saturated rings. The van der Waals surface area contributed by atoms with Crippen molar-refractivity contribution in [2.75, 3.05) is 5.73 Å². The highest BCUT2D eigenvalue weighted by molar-refractivity contribution is 14.1. The van der Waals surface area contributed by atoms with Gasteiger partial charge in [0.25, 0.3) is 5.69 Å². The molecular weight excluding hydrogens is 278 g/mol. The average molecular weight is 282 g/mol. The number of nitrogens with zero attached hydrogens (tertiary/aromatic N) is 1. The number of hydrogen-bond donors (Lipinski definition) is 1. The second-order valence-corrected chi connectivity index (χ2v) is 3.13. The van der Waals surface area contributed by atoms with Gasteiger partial charge in [-0.25, -0.2) is 4.39 Å². The van der Waals surface area contributed by atoms with Crippen LogP contribution in [0.1, 0.15) is 0 Å². The van der Waals surface area contributed by atoms with Gasteiger partial charge in [0.15, 0.2) is 0 Å². The number of hydrogen-bond acceptors (Lipinski definition) is 3. The number of rotatable bonds is 1. The fourth-order valence-electron chi connectivity index (χ4n) is 0.699. The van der Waals surface area contributed by atoms with Crippen LogP contribution >= 0.6 is 22.6 Å². The van der Waals surface area contributed by atoms with Crippen LogP contribution < -0.4 is 5.73 Å². The molecule has 0 amide bonds. The molecule has 0 bridgehead atoms. The average Bonchev–Trinajstić information content (AvgIpc) is 2.00. The van der Waals surface area contributed by atoms with E-state index < -0.39 is 10.7 Å². The van der Waals surface area contributed by atoms with Gasteiger partial charge in [0.1, 0.15) is 9.39 Å². The second-order valence-electron chi connectivity index (χ2n) is 2.05. The van der Waals surface area contributed by atoms with E-state index in [9.17, 15) is 14.5 Å². The SMILES string of the molecule is Nc1c(F)ccc([N+](=O)[O-])c1I. The number of nitrogen functional groups attached to an aromatic ring is 1. The Kier molecular flexibility index (Phi) is 2.46. The maximum absolute atomic E-state index is 12.7. The van der Waals surface area contributed by atoms with Crippen LogP contribution in [-0.2, 0) is 0 Å². The fraction of sp³-hybridized carbons (Fsp3) is 0. The molecule has 1 aromatic carbocycles. The van der Waals surface area contributed by atoms with E-state index >= 15 is 0 Å². The molecule has 2 N–H and O–H groups in total. The molecule has 0 aliphatic carbocycles. The lowest BCUT2D eigenvalue weighted by atomic mass is 10.3. The third-order valence-electron chi connectivity index (χ3n) is 1.30. The third-order valence-corrected chi connectivity index (χ3v) is 2.44. The molecule has 0 spiro atoms. The van der Waals surface area contributed by atoms with Gasteiger partial charge in [0, 0.05) is 6.07 Å². The van der Waals surface area contributed by atoms with Crippen molar-refractivity contribution in [3.05, 3.63) is 31.6 Å². The Balaban J connectivity index is 3.36. The summed E-state index contributed by atoms with van der Waals surface area (Å²) in [6, 6.07) is 2.07. The Bertz CT molecular complexity index is 343. The van der Waals surface area contributed by atoms with Gasteiger partial charge in [-0.2, -0.15) is 0 Å². The maximum atomic E-state index is 12.7. The van der Waals surface area contributed by atoms with Crippen molar-refractivity contribution in [2.24, 2.45) is 0 Å². The first-order valence-corrected chi connectivity index (χ1v) is 3.99. The summed E-state index contributed by atoms with van der Waals surface area (Å²) in [4.78, 5) is 9.71. The van der Waals surface area contributed by atoms with Gasteiger partial charge in [-0.15, -0.1) is 0 Å². The Morgan fingerprint density at radius 1 is 1.58 bits per heavy atom. The molecule has 0 aromatic heterocycles. The highest BCUT2D eigenvalue weighted by atomic mass is 127. The summed E-state index contributed by atoms with van der Waals surface area (Å²) >= 11 is 1.64. The zero-order chi connectivity index (χ0) is 9.30. The van der Waals surface area contributed by atoms with Crippen LogP contribution in [0.5, 0.6) is 0 Å². The smallest absolute Gasteiger partial charge is 0.284 e. The van der Waals surface area contributed by atoms with Crippen molar-refractivity contribution >= 4 is 34.0 Å². The number of anilines is 1. The second kappa shape index (κ2) is 3.21. The summed E-state index contributed by atoms with van der Waals surface area (Å²) in [6.07, 6.45) is 0. The van der Waals surface area contributed by atoms with Crippen molar-refractivity contribution in [3.8, 4) is 0 Å². The number of nitro benzene ring substituents is 1. The first kappa shape index (κ1) is 9.17. The molecule has 0 aliphatic rings. The Hall–Kier alpha value is -0.920. The molecule has 1 aromatic rings. The number of nitro groups is 1. The summed E-state index contributed by atoms with van der Waals surface area (Å²) in [5.41, 5.74) is 4.89. The lowest BCUT2D eigenvalue weighted by molar-refractivity contribution is -0.385. The third kappa shape index (κ3) is 1.47. The van der Waals surface area contributed by atoms with E-state index in [2.05, 4.69) is 0 Å². The van der Waals surface area contributed by atoms with Gasteiger partial charge < -0.3 is 5.73 Å². The van der Waals surface area contributed by atoms with Crippen LogP contribution in [0.3, 0.4) is 0 Å². The molecule has 0 saturated heterocycles. The van der Waals surface area contributed by atoms with Crippen LogP contribution in [0.4, 0.5) is 15.8 Å². The van der Waals surface area contributed by atoms with Crippen molar-refractivity contribution < 1.29 is 9.31 Å². The van der Waals surface area contributed by atoms with E-state index in [1.54, 1.807) is 22.6 Å². The molecular formula is C6H4FIN2O2. The van der Waals surface area contributed by atoms with Crippen LogP contribution in [0.25, 0.3) is 0 Å². The van der Waals surface area contributed by atoms with Gasteiger partial charge in [-0.3, -0.25) is 10.1 Å². The van der Waals surface area contributed by atoms with Crippen molar-refractivity contribution in [1.82, 2.24) is 0 Å². The van der Waals surface area contributed by atoms with E-state index in [4.69, 9.17) is 5.73 Å². The Morgan fingerprint density at radius 3 is 2.67 bits per heavy atom. The summed E-state index contributed by atoms with van der Waals surface area (Å²) < 4.78 is 12.8. The number of benzene rings is 1. The molecule has 0 unspecified atom stereocenters. The van der Waals surface area contributed by atoms with Crippen molar-refractivity contribution in [2.45, 2.75) is 0 Å². The molecule has 64 valence electrons. The first-order valence-electron chi connectivity index (χ1n) is 2.92. The lowest BCUT2D eigenvalue weighted by Gasteiger charge is -1.99. The van der Waals surface area contributed by atoms with Crippen molar-refractivity contribution in [3.63, 3.8) is 0 Å². The standard InChI is InChI=1S/C6H4FIN2O2/c7-3-1-2-4(10(11)12)5(8)6(3)9/h1-2H,9H2. The van der Waals surface area contributed by atoms with E-state index in [1.165, 1.54) is 0 Å². The normalized spacial score (nSPS) is 9.83. The molecule has 0 aliphatic heterocycles. The minimum Gasteiger partial charge on any atom is -0.395 e. The molecule has 0 radical (unpaired) electrons. The molecule has 4 nitrogen and oxygen atoms in total. The molecule has 1 rings (SSSR count). The van der Waals surface area contributed by atoms with Crippen LogP contribution in [0.2, 0.25) is 0 Å². The summed E-state index contributed by atoms with van der Waals surface area (Å²) in [5, 5.41) is 10.3. The lowest BCUT2D eigenvalue weighted by Crippen LogP contribution is -1.99. The monoisotopic (exact) mass is 282 g/mol. The van der Waals surface area contributed by atoms with Gasteiger partial charge in [-0.05, 0) is 28.7 Å². The zero-order valence-electron chi connectivity index (χ0n) is 5.75. The topological polar surface area (TPSA) is 69.2 Å². The van der Waals surface area contributed by atoms with Crippen LogP contribution in [0, 0.1) is 19.5 Å². The predicted octanol–water partition coefficient (Wildman–Crippen LogP) is 1.92. The quantitative estimate of drug-likeness (QED) is 0.370. The number of nitrogens with two attached hydrogens (primary N) is 1. The predicted molar refractivity (Wildman–Crippen MR) is 50.2 cm³/mol. The highest BCUT2D eigenvalue weighted by Gasteiger charge is 2.16. The van der Waals surface area contributed by atoms with Crippen molar-refractivity contribution in [1.29, 1.82) is 0 Å². The van der Waals surface area contributed by atoms with Gasteiger partial charge in [0.2, 0.25) is 0 Å². The summed E-state index contributed by atoms with van der Waals surface area (Å²) in [7, 11) is 0. The first-order chi connectivity index (χ1) is 5.54. The van der Waals surface area contributed by atoms with Gasteiger partial charge in [-0.1, -0.05) is 0 Å². The minimum absolute atomic E-state index is 0.137. The van der Waals surface area contributed by atoms with Gasteiger partial charge >= 0.3 is 0 Å². The Morgan fingerprint density at radius 2 is 2.17 bits per heavy atom. The summed E-state index contributed by atoms with van der Waals surface area (Å²) in [5.74, 6) is -0.634. The summed E-state index contributed by atoms with van der Waals surface area (Å²) in [6.45, 7) is 0. The van der Waals surface area contributed by atoms with E-state index in [1.807, 2.05) is 0 Å². The van der Waals surface area contributed by atoms with Crippen LogP contribution in [0.15, 0.2) is 12.1 Å².